The highest BCUT2D eigenvalue weighted by molar-refractivity contribution is 5.85. The molecule has 20 heavy (non-hydrogen) atoms. The molecule has 0 saturated carbocycles. The average Bonchev–Trinajstić information content (AvgIpc) is 2.79. The molecule has 4 nitrogen and oxygen atoms in total. The number of likely N-dealkylation sites (tertiary alicyclic amines) is 2. The van der Waals surface area contributed by atoms with Crippen molar-refractivity contribution >= 4 is 18.3 Å². The molecule has 3 unspecified atom stereocenters. The molecule has 0 aromatic rings. The summed E-state index contributed by atoms with van der Waals surface area (Å²) in [6, 6.07) is 0.979. The predicted molar refractivity (Wildman–Crippen MR) is 85.1 cm³/mol. The van der Waals surface area contributed by atoms with Crippen LogP contribution in [-0.2, 0) is 4.79 Å². The Morgan fingerprint density at radius 3 is 2.70 bits per heavy atom. The zero-order valence-electron chi connectivity index (χ0n) is 12.9. The molecule has 118 valence electrons. The minimum Gasteiger partial charge on any atom is -0.339 e. The highest BCUT2D eigenvalue weighted by atomic mass is 35.5. The Hall–Kier alpha value is -0.320. The molecule has 1 amide bonds. The lowest BCUT2D eigenvalue weighted by molar-refractivity contribution is -0.136. The van der Waals surface area contributed by atoms with Crippen LogP contribution in [0.15, 0.2) is 0 Å². The van der Waals surface area contributed by atoms with Gasteiger partial charge in [0.2, 0.25) is 5.91 Å². The van der Waals surface area contributed by atoms with Crippen LogP contribution < -0.4 is 5.73 Å². The van der Waals surface area contributed by atoms with E-state index >= 15 is 0 Å². The summed E-state index contributed by atoms with van der Waals surface area (Å²) in [4.78, 5) is 17.0. The lowest BCUT2D eigenvalue weighted by Crippen LogP contribution is -2.48. The van der Waals surface area contributed by atoms with Gasteiger partial charge in [0.05, 0.1) is 6.54 Å². The van der Waals surface area contributed by atoms with Gasteiger partial charge in [-0.05, 0) is 51.5 Å². The first-order chi connectivity index (χ1) is 9.15. The lowest BCUT2D eigenvalue weighted by Gasteiger charge is -2.36. The van der Waals surface area contributed by atoms with Crippen molar-refractivity contribution in [1.29, 1.82) is 0 Å². The molecule has 2 rings (SSSR count). The molecular weight excluding hydrogens is 274 g/mol. The number of carbonyl (C=O) groups is 1. The van der Waals surface area contributed by atoms with Crippen LogP contribution in [0.2, 0.25) is 0 Å². The summed E-state index contributed by atoms with van der Waals surface area (Å²) < 4.78 is 0. The number of halogens is 1. The molecule has 2 saturated heterocycles. The van der Waals surface area contributed by atoms with Gasteiger partial charge in [-0.25, -0.2) is 0 Å². The van der Waals surface area contributed by atoms with Crippen molar-refractivity contribution < 1.29 is 4.79 Å². The fraction of sp³-hybridized carbons (Fsp3) is 0.933. The van der Waals surface area contributed by atoms with E-state index in [1.54, 1.807) is 0 Å². The SMILES string of the molecule is CCC1CCCCN1C(=O)CN1CC(CN)CC1C.Cl. The molecule has 0 aromatic heterocycles. The summed E-state index contributed by atoms with van der Waals surface area (Å²) in [5.41, 5.74) is 5.75. The third-order valence-corrected chi connectivity index (χ3v) is 4.88. The van der Waals surface area contributed by atoms with Gasteiger partial charge < -0.3 is 10.6 Å². The first kappa shape index (κ1) is 17.7. The Kier molecular flexibility index (Phi) is 7.27. The van der Waals surface area contributed by atoms with Gasteiger partial charge in [0.15, 0.2) is 0 Å². The van der Waals surface area contributed by atoms with Crippen molar-refractivity contribution in [2.24, 2.45) is 11.7 Å². The smallest absolute Gasteiger partial charge is 0.237 e. The molecule has 2 aliphatic rings. The van der Waals surface area contributed by atoms with E-state index < -0.39 is 0 Å². The molecular formula is C15H30ClN3O. The normalized spacial score (nSPS) is 31.1. The minimum absolute atomic E-state index is 0. The van der Waals surface area contributed by atoms with Crippen LogP contribution in [0.4, 0.5) is 0 Å². The van der Waals surface area contributed by atoms with Gasteiger partial charge in [-0.15, -0.1) is 12.4 Å². The van der Waals surface area contributed by atoms with Crippen LogP contribution in [0.1, 0.15) is 46.0 Å². The van der Waals surface area contributed by atoms with Crippen LogP contribution >= 0.6 is 12.4 Å². The zero-order chi connectivity index (χ0) is 13.8. The standard InChI is InChI=1S/C15H29N3O.ClH/c1-3-14-6-4-5-7-18(14)15(19)11-17-10-13(9-16)8-12(17)2;/h12-14H,3-11,16H2,1-2H3;1H. The number of nitrogens with zero attached hydrogens (tertiary/aromatic N) is 2. The van der Waals surface area contributed by atoms with Crippen molar-refractivity contribution in [1.82, 2.24) is 9.80 Å². The average molecular weight is 304 g/mol. The quantitative estimate of drug-likeness (QED) is 0.862. The highest BCUT2D eigenvalue weighted by Gasteiger charge is 2.32. The Labute approximate surface area is 129 Å². The van der Waals surface area contributed by atoms with Crippen molar-refractivity contribution in [3.63, 3.8) is 0 Å². The summed E-state index contributed by atoms with van der Waals surface area (Å²) in [6.45, 7) is 7.70. The van der Waals surface area contributed by atoms with Gasteiger partial charge in [0.25, 0.3) is 0 Å². The molecule has 0 radical (unpaired) electrons. The topological polar surface area (TPSA) is 49.6 Å². The van der Waals surface area contributed by atoms with Crippen LogP contribution in [0.25, 0.3) is 0 Å². The first-order valence-corrected chi connectivity index (χ1v) is 7.89. The number of rotatable bonds is 4. The van der Waals surface area contributed by atoms with Crippen LogP contribution in [-0.4, -0.2) is 54.0 Å². The minimum atomic E-state index is 0. The summed E-state index contributed by atoms with van der Waals surface area (Å²) in [5.74, 6) is 0.905. The predicted octanol–water partition coefficient (Wildman–Crippen LogP) is 1.87. The fourth-order valence-corrected chi connectivity index (χ4v) is 3.63. The molecule has 2 aliphatic heterocycles. The summed E-state index contributed by atoms with van der Waals surface area (Å²) in [5, 5.41) is 0. The highest BCUT2D eigenvalue weighted by Crippen LogP contribution is 2.24. The monoisotopic (exact) mass is 303 g/mol. The van der Waals surface area contributed by atoms with E-state index in [4.69, 9.17) is 5.73 Å². The number of hydrogen-bond acceptors (Lipinski definition) is 3. The van der Waals surface area contributed by atoms with Crippen LogP contribution in [0, 0.1) is 5.92 Å². The van der Waals surface area contributed by atoms with E-state index in [2.05, 4.69) is 23.6 Å². The number of carbonyl (C=O) groups excluding carboxylic acids is 1. The third-order valence-electron chi connectivity index (χ3n) is 4.88. The van der Waals surface area contributed by atoms with E-state index in [0.29, 0.717) is 30.5 Å². The summed E-state index contributed by atoms with van der Waals surface area (Å²) >= 11 is 0. The van der Waals surface area contributed by atoms with Crippen molar-refractivity contribution in [2.45, 2.75) is 58.0 Å². The Morgan fingerprint density at radius 1 is 1.35 bits per heavy atom. The third kappa shape index (κ3) is 4.09. The zero-order valence-corrected chi connectivity index (χ0v) is 13.7. The van der Waals surface area contributed by atoms with Gasteiger partial charge in [-0.2, -0.15) is 0 Å². The van der Waals surface area contributed by atoms with E-state index in [1.807, 2.05) is 0 Å². The van der Waals surface area contributed by atoms with E-state index in [-0.39, 0.29) is 12.4 Å². The molecule has 3 atom stereocenters. The van der Waals surface area contributed by atoms with Gasteiger partial charge in [0.1, 0.15) is 0 Å². The second kappa shape index (κ2) is 8.20. The maximum atomic E-state index is 12.5. The molecule has 5 heteroatoms. The van der Waals surface area contributed by atoms with Gasteiger partial charge in [0, 0.05) is 25.2 Å². The molecule has 0 aromatic carbocycles. The Bertz CT molecular complexity index is 313. The maximum absolute atomic E-state index is 12.5. The van der Waals surface area contributed by atoms with Crippen LogP contribution in [0.5, 0.6) is 0 Å². The number of nitrogens with two attached hydrogens (primary N) is 1. The Balaban J connectivity index is 0.00000200. The van der Waals surface area contributed by atoms with Gasteiger partial charge in [-0.1, -0.05) is 6.92 Å². The molecule has 0 bridgehead atoms. The molecule has 2 fully saturated rings. The molecule has 2 N–H and O–H groups in total. The summed E-state index contributed by atoms with van der Waals surface area (Å²) in [6.07, 6.45) is 5.86. The number of hydrogen-bond donors (Lipinski definition) is 1. The lowest BCUT2D eigenvalue weighted by atomic mass is 10.00. The molecule has 2 heterocycles. The van der Waals surface area contributed by atoms with Gasteiger partial charge in [-0.3, -0.25) is 9.69 Å². The van der Waals surface area contributed by atoms with E-state index in [1.165, 1.54) is 19.3 Å². The van der Waals surface area contributed by atoms with Crippen molar-refractivity contribution in [3.05, 3.63) is 0 Å². The maximum Gasteiger partial charge on any atom is 0.237 e. The van der Waals surface area contributed by atoms with Crippen molar-refractivity contribution in [2.75, 3.05) is 26.2 Å². The molecule has 0 spiro atoms. The first-order valence-electron chi connectivity index (χ1n) is 7.89. The van der Waals surface area contributed by atoms with E-state index in [0.717, 1.165) is 32.5 Å². The van der Waals surface area contributed by atoms with Crippen LogP contribution in [0.3, 0.4) is 0 Å². The molecule has 0 aliphatic carbocycles. The summed E-state index contributed by atoms with van der Waals surface area (Å²) in [7, 11) is 0. The number of amides is 1. The van der Waals surface area contributed by atoms with Crippen molar-refractivity contribution in [3.8, 4) is 0 Å². The fourth-order valence-electron chi connectivity index (χ4n) is 3.63. The second-order valence-corrected chi connectivity index (χ2v) is 6.26. The largest absolute Gasteiger partial charge is 0.339 e. The second-order valence-electron chi connectivity index (χ2n) is 6.26. The van der Waals surface area contributed by atoms with Gasteiger partial charge >= 0.3 is 0 Å². The number of piperidine rings is 1. The van der Waals surface area contributed by atoms with E-state index in [9.17, 15) is 4.79 Å². The Morgan fingerprint density at radius 2 is 2.10 bits per heavy atom.